The summed E-state index contributed by atoms with van der Waals surface area (Å²) in [5.74, 6) is -0.214. The van der Waals surface area contributed by atoms with Crippen LogP contribution in [-0.4, -0.2) is 5.91 Å². The minimum absolute atomic E-state index is 0.214. The van der Waals surface area contributed by atoms with E-state index in [0.29, 0.717) is 10.6 Å². The minimum Gasteiger partial charge on any atom is -0.322 e. The van der Waals surface area contributed by atoms with Crippen LogP contribution in [0.4, 0.5) is 5.69 Å². The molecular weight excluding hydrogens is 302 g/mol. The number of carbonyl (C=O) groups is 1. The van der Waals surface area contributed by atoms with Crippen molar-refractivity contribution < 1.29 is 4.79 Å². The molecule has 0 saturated carbocycles. The highest BCUT2D eigenvalue weighted by atomic mass is 79.9. The van der Waals surface area contributed by atoms with E-state index in [1.807, 2.05) is 24.3 Å². The maximum Gasteiger partial charge on any atom is 0.257 e. The molecular formula is C13H9BrClNO. The maximum atomic E-state index is 11.9. The van der Waals surface area contributed by atoms with Crippen molar-refractivity contribution in [1.82, 2.24) is 0 Å². The first-order valence-corrected chi connectivity index (χ1v) is 6.15. The van der Waals surface area contributed by atoms with E-state index in [1.54, 1.807) is 24.3 Å². The first kappa shape index (κ1) is 12.1. The van der Waals surface area contributed by atoms with Gasteiger partial charge in [-0.15, -0.1) is 0 Å². The monoisotopic (exact) mass is 309 g/mol. The third-order valence-corrected chi connectivity index (χ3v) is 3.02. The fraction of sp³-hybridized carbons (Fsp3) is 0. The zero-order valence-corrected chi connectivity index (χ0v) is 11.1. The summed E-state index contributed by atoms with van der Waals surface area (Å²) < 4.78 is 0.912. The molecule has 0 radical (unpaired) electrons. The molecule has 86 valence electrons. The van der Waals surface area contributed by atoms with Gasteiger partial charge in [-0.05, 0) is 30.3 Å². The molecule has 0 heterocycles. The number of amides is 1. The van der Waals surface area contributed by atoms with Crippen molar-refractivity contribution >= 4 is 39.1 Å². The Kier molecular flexibility index (Phi) is 3.82. The second kappa shape index (κ2) is 5.34. The SMILES string of the molecule is O=C(Nc1cccc(Br)c1)c1ccccc1Cl. The maximum absolute atomic E-state index is 11.9. The average molecular weight is 311 g/mol. The number of hydrogen-bond donors (Lipinski definition) is 1. The summed E-state index contributed by atoms with van der Waals surface area (Å²) in [6.07, 6.45) is 0. The molecule has 0 spiro atoms. The van der Waals surface area contributed by atoms with Crippen molar-refractivity contribution in [3.8, 4) is 0 Å². The number of hydrogen-bond acceptors (Lipinski definition) is 1. The van der Waals surface area contributed by atoms with Gasteiger partial charge in [0.25, 0.3) is 5.91 Å². The lowest BCUT2D eigenvalue weighted by molar-refractivity contribution is 0.102. The second-order valence-electron chi connectivity index (χ2n) is 3.44. The van der Waals surface area contributed by atoms with Crippen LogP contribution in [0.25, 0.3) is 0 Å². The largest absolute Gasteiger partial charge is 0.322 e. The first-order chi connectivity index (χ1) is 8.16. The molecule has 0 saturated heterocycles. The summed E-state index contributed by atoms with van der Waals surface area (Å²) >= 11 is 9.29. The molecule has 0 unspecified atom stereocenters. The van der Waals surface area contributed by atoms with Crippen molar-refractivity contribution in [1.29, 1.82) is 0 Å². The van der Waals surface area contributed by atoms with E-state index >= 15 is 0 Å². The molecule has 2 nitrogen and oxygen atoms in total. The lowest BCUT2D eigenvalue weighted by Gasteiger charge is -2.06. The van der Waals surface area contributed by atoms with Crippen LogP contribution in [0.3, 0.4) is 0 Å². The van der Waals surface area contributed by atoms with Gasteiger partial charge >= 0.3 is 0 Å². The smallest absolute Gasteiger partial charge is 0.257 e. The average Bonchev–Trinajstić information content (AvgIpc) is 2.29. The van der Waals surface area contributed by atoms with Crippen LogP contribution in [0.2, 0.25) is 5.02 Å². The number of anilines is 1. The highest BCUT2D eigenvalue weighted by Crippen LogP contribution is 2.19. The Morgan fingerprint density at radius 2 is 1.88 bits per heavy atom. The summed E-state index contributed by atoms with van der Waals surface area (Å²) in [7, 11) is 0. The van der Waals surface area contributed by atoms with E-state index in [9.17, 15) is 4.79 Å². The van der Waals surface area contributed by atoms with Crippen LogP contribution < -0.4 is 5.32 Å². The Bertz CT molecular complexity index is 557. The third-order valence-electron chi connectivity index (χ3n) is 2.20. The van der Waals surface area contributed by atoms with Gasteiger partial charge in [0.1, 0.15) is 0 Å². The van der Waals surface area contributed by atoms with Crippen LogP contribution in [0.15, 0.2) is 53.0 Å². The highest BCUT2D eigenvalue weighted by Gasteiger charge is 2.09. The predicted molar refractivity (Wildman–Crippen MR) is 73.5 cm³/mol. The van der Waals surface area contributed by atoms with Crippen molar-refractivity contribution in [3.05, 3.63) is 63.6 Å². The van der Waals surface area contributed by atoms with Crippen molar-refractivity contribution in [2.45, 2.75) is 0 Å². The standard InChI is InChI=1S/C13H9BrClNO/c14-9-4-3-5-10(8-9)16-13(17)11-6-1-2-7-12(11)15/h1-8H,(H,16,17). The van der Waals surface area contributed by atoms with Crippen LogP contribution in [0.1, 0.15) is 10.4 Å². The Hall–Kier alpha value is -1.32. The molecule has 17 heavy (non-hydrogen) atoms. The fourth-order valence-corrected chi connectivity index (χ4v) is 2.03. The van der Waals surface area contributed by atoms with Gasteiger partial charge < -0.3 is 5.32 Å². The molecule has 1 amide bonds. The van der Waals surface area contributed by atoms with E-state index in [2.05, 4.69) is 21.2 Å². The Balaban J connectivity index is 2.20. The van der Waals surface area contributed by atoms with Crippen LogP contribution in [-0.2, 0) is 0 Å². The van der Waals surface area contributed by atoms with Crippen LogP contribution >= 0.6 is 27.5 Å². The summed E-state index contributed by atoms with van der Waals surface area (Å²) in [6.45, 7) is 0. The lowest BCUT2D eigenvalue weighted by atomic mass is 10.2. The first-order valence-electron chi connectivity index (χ1n) is 4.98. The van der Waals surface area contributed by atoms with Crippen LogP contribution in [0, 0.1) is 0 Å². The number of halogens is 2. The Morgan fingerprint density at radius 1 is 1.12 bits per heavy atom. The van der Waals surface area contributed by atoms with E-state index < -0.39 is 0 Å². The molecule has 0 atom stereocenters. The van der Waals surface area contributed by atoms with Crippen molar-refractivity contribution in [3.63, 3.8) is 0 Å². The zero-order chi connectivity index (χ0) is 12.3. The summed E-state index contributed by atoms with van der Waals surface area (Å²) in [5, 5.41) is 3.23. The fourth-order valence-electron chi connectivity index (χ4n) is 1.41. The number of nitrogens with one attached hydrogen (secondary N) is 1. The molecule has 2 aromatic rings. The Labute approximate surface area is 113 Å². The quantitative estimate of drug-likeness (QED) is 0.877. The Morgan fingerprint density at radius 3 is 2.59 bits per heavy atom. The van der Waals surface area contributed by atoms with Crippen molar-refractivity contribution in [2.75, 3.05) is 5.32 Å². The molecule has 0 fully saturated rings. The van der Waals surface area contributed by atoms with Gasteiger partial charge in [0.2, 0.25) is 0 Å². The molecule has 2 rings (SSSR count). The van der Waals surface area contributed by atoms with Gasteiger partial charge in [-0.2, -0.15) is 0 Å². The van der Waals surface area contributed by atoms with Gasteiger partial charge in [-0.3, -0.25) is 4.79 Å². The van der Waals surface area contributed by atoms with E-state index in [1.165, 1.54) is 0 Å². The predicted octanol–water partition coefficient (Wildman–Crippen LogP) is 4.35. The van der Waals surface area contributed by atoms with Gasteiger partial charge in [0, 0.05) is 10.2 Å². The van der Waals surface area contributed by atoms with Crippen LogP contribution in [0.5, 0.6) is 0 Å². The molecule has 0 bridgehead atoms. The summed E-state index contributed by atoms with van der Waals surface area (Å²) in [5.41, 5.74) is 1.19. The summed E-state index contributed by atoms with van der Waals surface area (Å²) in [4.78, 5) is 11.9. The number of benzene rings is 2. The molecule has 4 heteroatoms. The molecule has 1 N–H and O–H groups in total. The molecule has 0 aliphatic heterocycles. The third kappa shape index (κ3) is 3.08. The van der Waals surface area contributed by atoms with Gasteiger partial charge in [-0.1, -0.05) is 45.7 Å². The molecule has 2 aromatic carbocycles. The normalized spacial score (nSPS) is 10.0. The molecule has 0 aromatic heterocycles. The van der Waals surface area contributed by atoms with Gasteiger partial charge in [0.15, 0.2) is 0 Å². The minimum atomic E-state index is -0.214. The topological polar surface area (TPSA) is 29.1 Å². The van der Waals surface area contributed by atoms with Gasteiger partial charge in [-0.25, -0.2) is 0 Å². The van der Waals surface area contributed by atoms with Gasteiger partial charge in [0.05, 0.1) is 10.6 Å². The lowest BCUT2D eigenvalue weighted by Crippen LogP contribution is -2.12. The number of carbonyl (C=O) groups excluding carboxylic acids is 1. The zero-order valence-electron chi connectivity index (χ0n) is 8.78. The van der Waals surface area contributed by atoms with E-state index in [4.69, 9.17) is 11.6 Å². The highest BCUT2D eigenvalue weighted by molar-refractivity contribution is 9.10. The number of rotatable bonds is 2. The summed E-state index contributed by atoms with van der Waals surface area (Å²) in [6, 6.07) is 14.3. The second-order valence-corrected chi connectivity index (χ2v) is 4.77. The molecule has 0 aliphatic carbocycles. The molecule has 0 aliphatic rings. The van der Waals surface area contributed by atoms with E-state index in [0.717, 1.165) is 10.2 Å². The van der Waals surface area contributed by atoms with E-state index in [-0.39, 0.29) is 5.91 Å². The van der Waals surface area contributed by atoms with Crippen molar-refractivity contribution in [2.24, 2.45) is 0 Å².